The van der Waals surface area contributed by atoms with Crippen molar-refractivity contribution in [3.8, 4) is 5.75 Å². The van der Waals surface area contributed by atoms with Crippen molar-refractivity contribution in [1.29, 1.82) is 0 Å². The SMILES string of the molecule is Cc1cc(OC2CCN(S(=O)(=O)c3c(C(C)C)cc(C(C)C)cc3C(C)C)C2)cc(=O)o1. The molecule has 1 aromatic heterocycles. The van der Waals surface area contributed by atoms with Gasteiger partial charge in [-0.2, -0.15) is 4.31 Å². The molecule has 3 rings (SSSR count). The van der Waals surface area contributed by atoms with Gasteiger partial charge < -0.3 is 9.15 Å². The average Bonchev–Trinajstić information content (AvgIpc) is 3.15. The Morgan fingerprint density at radius 3 is 2.06 bits per heavy atom. The zero-order chi connectivity index (χ0) is 23.8. The molecule has 6 nitrogen and oxygen atoms in total. The van der Waals surface area contributed by atoms with Crippen LogP contribution < -0.4 is 10.4 Å². The minimum atomic E-state index is -3.70. The molecule has 1 unspecified atom stereocenters. The van der Waals surface area contributed by atoms with Crippen molar-refractivity contribution in [2.45, 2.75) is 83.6 Å². The Balaban J connectivity index is 1.96. The molecule has 0 N–H and O–H groups in total. The van der Waals surface area contributed by atoms with Crippen LogP contribution in [0.2, 0.25) is 0 Å². The largest absolute Gasteiger partial charge is 0.489 e. The fourth-order valence-corrected chi connectivity index (χ4v) is 6.32. The summed E-state index contributed by atoms with van der Waals surface area (Å²) in [6, 6.07) is 7.06. The molecule has 0 amide bonds. The zero-order valence-electron chi connectivity index (χ0n) is 20.1. The van der Waals surface area contributed by atoms with E-state index < -0.39 is 15.6 Å². The summed E-state index contributed by atoms with van der Waals surface area (Å²) >= 11 is 0. The Labute approximate surface area is 191 Å². The highest BCUT2D eigenvalue weighted by Gasteiger charge is 2.37. The van der Waals surface area contributed by atoms with E-state index in [1.165, 1.54) is 10.4 Å². The quantitative estimate of drug-likeness (QED) is 0.569. The predicted octanol–water partition coefficient (Wildman–Crippen LogP) is 5.16. The van der Waals surface area contributed by atoms with E-state index in [0.29, 0.717) is 35.3 Å². The first-order valence-electron chi connectivity index (χ1n) is 11.4. The number of aryl methyl sites for hydroxylation is 1. The third-order valence-electron chi connectivity index (χ3n) is 5.95. The monoisotopic (exact) mass is 461 g/mol. The van der Waals surface area contributed by atoms with Crippen LogP contribution in [0.15, 0.2) is 38.4 Å². The summed E-state index contributed by atoms with van der Waals surface area (Å²) < 4.78 is 40.2. The van der Waals surface area contributed by atoms with E-state index in [1.807, 2.05) is 27.7 Å². The van der Waals surface area contributed by atoms with Gasteiger partial charge in [0.15, 0.2) is 0 Å². The van der Waals surface area contributed by atoms with Crippen molar-refractivity contribution in [2.24, 2.45) is 0 Å². The molecule has 2 aromatic rings. The Bertz CT molecular complexity index is 1100. The molecule has 176 valence electrons. The molecule has 0 radical (unpaired) electrons. The predicted molar refractivity (Wildman–Crippen MR) is 126 cm³/mol. The minimum Gasteiger partial charge on any atom is -0.489 e. The first-order valence-corrected chi connectivity index (χ1v) is 12.8. The number of hydrogen-bond donors (Lipinski definition) is 0. The van der Waals surface area contributed by atoms with Crippen LogP contribution in [0.25, 0.3) is 0 Å². The number of benzene rings is 1. The third-order valence-corrected chi connectivity index (χ3v) is 7.95. The molecule has 0 spiro atoms. The molecular formula is C25H35NO5S. The van der Waals surface area contributed by atoms with Crippen molar-refractivity contribution in [3.05, 3.63) is 57.1 Å². The van der Waals surface area contributed by atoms with Crippen molar-refractivity contribution < 1.29 is 17.6 Å². The fraction of sp³-hybridized carbons (Fsp3) is 0.560. The van der Waals surface area contributed by atoms with Gasteiger partial charge in [-0.15, -0.1) is 0 Å². The summed E-state index contributed by atoms with van der Waals surface area (Å²) in [7, 11) is -3.70. The number of sulfonamides is 1. The Hall–Kier alpha value is -2.12. The molecule has 1 atom stereocenters. The van der Waals surface area contributed by atoms with Crippen molar-refractivity contribution in [2.75, 3.05) is 13.1 Å². The van der Waals surface area contributed by atoms with Gasteiger partial charge >= 0.3 is 5.63 Å². The lowest BCUT2D eigenvalue weighted by Gasteiger charge is -2.26. The van der Waals surface area contributed by atoms with Gasteiger partial charge in [0.25, 0.3) is 0 Å². The number of nitrogens with zero attached hydrogens (tertiary/aromatic N) is 1. The lowest BCUT2D eigenvalue weighted by Crippen LogP contribution is -2.32. The molecule has 0 bridgehead atoms. The number of hydrogen-bond acceptors (Lipinski definition) is 5. The van der Waals surface area contributed by atoms with Crippen LogP contribution >= 0.6 is 0 Å². The maximum Gasteiger partial charge on any atom is 0.339 e. The smallest absolute Gasteiger partial charge is 0.339 e. The third kappa shape index (κ3) is 5.09. The molecule has 1 saturated heterocycles. The fourth-order valence-electron chi connectivity index (χ4n) is 4.16. The van der Waals surface area contributed by atoms with E-state index in [-0.39, 0.29) is 24.5 Å². The summed E-state index contributed by atoms with van der Waals surface area (Å²) in [6.45, 7) is 14.8. The van der Waals surface area contributed by atoms with Gasteiger partial charge in [-0.3, -0.25) is 0 Å². The topological polar surface area (TPSA) is 76.8 Å². The van der Waals surface area contributed by atoms with Gasteiger partial charge in [0.1, 0.15) is 17.6 Å². The van der Waals surface area contributed by atoms with Crippen LogP contribution in [0.3, 0.4) is 0 Å². The van der Waals surface area contributed by atoms with E-state index in [1.54, 1.807) is 13.0 Å². The van der Waals surface area contributed by atoms with Gasteiger partial charge in [-0.05, 0) is 47.8 Å². The molecule has 1 fully saturated rings. The zero-order valence-corrected chi connectivity index (χ0v) is 21.0. The highest BCUT2D eigenvalue weighted by molar-refractivity contribution is 7.89. The van der Waals surface area contributed by atoms with E-state index in [0.717, 1.165) is 16.7 Å². The standard InChI is InChI=1S/C25H35NO5S/c1-15(2)19-11-22(16(3)4)25(23(12-19)17(5)6)32(28,29)26-9-8-20(14-26)31-21-10-18(7)30-24(27)13-21/h10-13,15-17,20H,8-9,14H2,1-7H3. The highest BCUT2D eigenvalue weighted by atomic mass is 32.2. The van der Waals surface area contributed by atoms with E-state index in [9.17, 15) is 13.2 Å². The molecular weight excluding hydrogens is 426 g/mol. The first kappa shape index (κ1) is 24.5. The summed E-state index contributed by atoms with van der Waals surface area (Å²) in [5.74, 6) is 1.35. The molecule has 2 heterocycles. The average molecular weight is 462 g/mol. The molecule has 7 heteroatoms. The Kier molecular flexibility index (Phi) is 7.20. The second-order valence-electron chi connectivity index (χ2n) is 9.61. The molecule has 32 heavy (non-hydrogen) atoms. The van der Waals surface area contributed by atoms with Crippen LogP contribution in [0.5, 0.6) is 5.75 Å². The van der Waals surface area contributed by atoms with E-state index in [4.69, 9.17) is 9.15 Å². The molecule has 0 aliphatic carbocycles. The second-order valence-corrected chi connectivity index (χ2v) is 11.5. The van der Waals surface area contributed by atoms with Crippen LogP contribution in [0.4, 0.5) is 0 Å². The molecule has 1 aliphatic rings. The van der Waals surface area contributed by atoms with Gasteiger partial charge in [0, 0.05) is 12.6 Å². The van der Waals surface area contributed by atoms with E-state index in [2.05, 4.69) is 26.0 Å². The molecule has 0 saturated carbocycles. The summed E-state index contributed by atoms with van der Waals surface area (Å²) in [4.78, 5) is 12.1. The van der Waals surface area contributed by atoms with Crippen molar-refractivity contribution in [1.82, 2.24) is 4.31 Å². The number of ether oxygens (including phenoxy) is 1. The lowest BCUT2D eigenvalue weighted by molar-refractivity contribution is 0.213. The van der Waals surface area contributed by atoms with E-state index >= 15 is 0 Å². The Morgan fingerprint density at radius 2 is 1.56 bits per heavy atom. The van der Waals surface area contributed by atoms with Gasteiger partial charge in [-0.25, -0.2) is 13.2 Å². The normalized spacial score (nSPS) is 17.6. The first-order chi connectivity index (χ1) is 14.9. The van der Waals surface area contributed by atoms with Crippen molar-refractivity contribution >= 4 is 10.0 Å². The molecule has 1 aromatic carbocycles. The van der Waals surface area contributed by atoms with Crippen LogP contribution in [0, 0.1) is 6.92 Å². The van der Waals surface area contributed by atoms with Gasteiger partial charge in [0.2, 0.25) is 10.0 Å². The Morgan fingerprint density at radius 1 is 0.969 bits per heavy atom. The lowest BCUT2D eigenvalue weighted by atomic mass is 9.89. The second kappa shape index (κ2) is 9.40. The van der Waals surface area contributed by atoms with Crippen LogP contribution in [0.1, 0.15) is 88.2 Å². The number of rotatable bonds is 7. The summed E-state index contributed by atoms with van der Waals surface area (Å²) in [6.07, 6.45) is 0.252. The van der Waals surface area contributed by atoms with Crippen molar-refractivity contribution in [3.63, 3.8) is 0 Å². The summed E-state index contributed by atoms with van der Waals surface area (Å²) in [5, 5.41) is 0. The molecule has 1 aliphatic heterocycles. The van der Waals surface area contributed by atoms with Gasteiger partial charge in [0.05, 0.1) is 17.5 Å². The van der Waals surface area contributed by atoms with Crippen LogP contribution in [-0.2, 0) is 10.0 Å². The maximum atomic E-state index is 13.9. The van der Waals surface area contributed by atoms with Gasteiger partial charge in [-0.1, -0.05) is 53.7 Å². The maximum absolute atomic E-state index is 13.9. The summed E-state index contributed by atoms with van der Waals surface area (Å²) in [5.41, 5.74) is 2.44. The minimum absolute atomic E-state index is 0.0807. The van der Waals surface area contributed by atoms with Crippen LogP contribution in [-0.4, -0.2) is 31.9 Å². The highest BCUT2D eigenvalue weighted by Crippen LogP contribution is 2.37.